The Balaban J connectivity index is 2.08. The molecule has 0 aliphatic heterocycles. The van der Waals surface area contributed by atoms with E-state index in [0.29, 0.717) is 5.56 Å². The van der Waals surface area contributed by atoms with Crippen LogP contribution in [0.5, 0.6) is 5.75 Å². The topological polar surface area (TPSA) is 51.2 Å². The Kier molecular flexibility index (Phi) is 4.81. The number of nitrogens with zero attached hydrogens (tertiary/aromatic N) is 1. The highest BCUT2D eigenvalue weighted by atomic mass is 16.5. The highest BCUT2D eigenvalue weighted by Gasteiger charge is 2.23. The Morgan fingerprint density at radius 3 is 2.23 bits per heavy atom. The van der Waals surface area contributed by atoms with Gasteiger partial charge in [0.2, 0.25) is 0 Å². The lowest BCUT2D eigenvalue weighted by molar-refractivity contribution is 0.0912. The molecule has 1 amide bonds. The number of hydrogen-bond acceptors (Lipinski definition) is 3. The van der Waals surface area contributed by atoms with E-state index < -0.39 is 5.54 Å². The number of carbonyl (C=O) groups is 1. The minimum Gasteiger partial charge on any atom is -0.491 e. The summed E-state index contributed by atoms with van der Waals surface area (Å²) in [7, 11) is 0. The maximum Gasteiger partial charge on any atom is 0.251 e. The van der Waals surface area contributed by atoms with Gasteiger partial charge in [-0.2, -0.15) is 0 Å². The third-order valence-electron chi connectivity index (χ3n) is 3.32. The molecular weight excluding hydrogens is 276 g/mol. The minimum atomic E-state index is -0.465. The van der Waals surface area contributed by atoms with Gasteiger partial charge >= 0.3 is 0 Å². The molecule has 0 fully saturated rings. The fourth-order valence-corrected chi connectivity index (χ4v) is 2.15. The van der Waals surface area contributed by atoms with Gasteiger partial charge in [-0.1, -0.05) is 0 Å². The molecule has 1 N–H and O–H groups in total. The first-order chi connectivity index (χ1) is 10.4. The molecule has 4 heteroatoms. The molecule has 0 radical (unpaired) electrons. The zero-order valence-electron chi connectivity index (χ0n) is 13.5. The molecule has 1 heterocycles. The van der Waals surface area contributed by atoms with Gasteiger partial charge in [0.05, 0.1) is 11.6 Å². The Morgan fingerprint density at radius 1 is 1.09 bits per heavy atom. The quantitative estimate of drug-likeness (QED) is 0.918. The summed E-state index contributed by atoms with van der Waals surface area (Å²) in [5, 5.41) is 3.04. The molecule has 0 aliphatic carbocycles. The highest BCUT2D eigenvalue weighted by Crippen LogP contribution is 2.20. The number of hydrogen-bond donors (Lipinski definition) is 1. The summed E-state index contributed by atoms with van der Waals surface area (Å²) in [5.74, 6) is 0.651. The Bertz CT molecular complexity index is 619. The van der Waals surface area contributed by atoms with E-state index in [1.807, 2.05) is 52.0 Å². The van der Waals surface area contributed by atoms with Gasteiger partial charge in [0.15, 0.2) is 0 Å². The summed E-state index contributed by atoms with van der Waals surface area (Å²) < 4.78 is 5.58. The SMILES string of the molecule is CC(C)Oc1ccc(C(=O)NC(C)(C)c2ccncc2)cc1. The van der Waals surface area contributed by atoms with Crippen molar-refractivity contribution in [2.24, 2.45) is 0 Å². The van der Waals surface area contributed by atoms with Crippen LogP contribution in [0.25, 0.3) is 0 Å². The van der Waals surface area contributed by atoms with E-state index in [2.05, 4.69) is 10.3 Å². The smallest absolute Gasteiger partial charge is 0.251 e. The van der Waals surface area contributed by atoms with E-state index in [0.717, 1.165) is 11.3 Å². The number of aromatic nitrogens is 1. The Labute approximate surface area is 131 Å². The molecule has 2 rings (SSSR count). The third kappa shape index (κ3) is 4.07. The lowest BCUT2D eigenvalue weighted by Gasteiger charge is -2.26. The van der Waals surface area contributed by atoms with Crippen molar-refractivity contribution < 1.29 is 9.53 Å². The summed E-state index contributed by atoms with van der Waals surface area (Å²) in [6, 6.07) is 11.0. The van der Waals surface area contributed by atoms with Crippen LogP contribution in [0.4, 0.5) is 0 Å². The van der Waals surface area contributed by atoms with E-state index in [4.69, 9.17) is 4.74 Å². The molecule has 1 aromatic carbocycles. The van der Waals surface area contributed by atoms with Gasteiger partial charge in [-0.05, 0) is 69.7 Å². The summed E-state index contributed by atoms with van der Waals surface area (Å²) in [5.41, 5.74) is 1.15. The normalized spacial score (nSPS) is 11.3. The van der Waals surface area contributed by atoms with E-state index in [1.165, 1.54) is 0 Å². The molecular formula is C18H22N2O2. The number of nitrogens with one attached hydrogen (secondary N) is 1. The summed E-state index contributed by atoms with van der Waals surface area (Å²) >= 11 is 0. The van der Waals surface area contributed by atoms with E-state index in [-0.39, 0.29) is 12.0 Å². The number of benzene rings is 1. The predicted molar refractivity (Wildman–Crippen MR) is 86.9 cm³/mol. The van der Waals surface area contributed by atoms with Crippen molar-refractivity contribution in [1.29, 1.82) is 0 Å². The van der Waals surface area contributed by atoms with Gasteiger partial charge in [-0.15, -0.1) is 0 Å². The molecule has 0 unspecified atom stereocenters. The van der Waals surface area contributed by atoms with Gasteiger partial charge in [0.1, 0.15) is 5.75 Å². The van der Waals surface area contributed by atoms with Crippen LogP contribution >= 0.6 is 0 Å². The molecule has 0 aliphatic rings. The van der Waals surface area contributed by atoms with Crippen LogP contribution in [0, 0.1) is 0 Å². The number of pyridine rings is 1. The average Bonchev–Trinajstić information content (AvgIpc) is 2.48. The van der Waals surface area contributed by atoms with Gasteiger partial charge in [-0.3, -0.25) is 9.78 Å². The second-order valence-corrected chi connectivity index (χ2v) is 6.01. The molecule has 0 saturated carbocycles. The molecule has 0 atom stereocenters. The molecule has 0 bridgehead atoms. The molecule has 4 nitrogen and oxygen atoms in total. The summed E-state index contributed by atoms with van der Waals surface area (Å²) in [6.07, 6.45) is 3.56. The van der Waals surface area contributed by atoms with Gasteiger partial charge in [0, 0.05) is 18.0 Å². The maximum atomic E-state index is 12.4. The number of rotatable bonds is 5. The molecule has 0 spiro atoms. The Hall–Kier alpha value is -2.36. The van der Waals surface area contributed by atoms with Gasteiger partial charge in [0.25, 0.3) is 5.91 Å². The fraction of sp³-hybridized carbons (Fsp3) is 0.333. The van der Waals surface area contributed by atoms with E-state index in [1.54, 1.807) is 24.5 Å². The fourth-order valence-electron chi connectivity index (χ4n) is 2.15. The third-order valence-corrected chi connectivity index (χ3v) is 3.32. The average molecular weight is 298 g/mol. The number of amides is 1. The van der Waals surface area contributed by atoms with Crippen LogP contribution < -0.4 is 10.1 Å². The molecule has 22 heavy (non-hydrogen) atoms. The summed E-state index contributed by atoms with van der Waals surface area (Å²) in [6.45, 7) is 7.88. The summed E-state index contributed by atoms with van der Waals surface area (Å²) in [4.78, 5) is 16.4. The zero-order chi connectivity index (χ0) is 16.2. The standard InChI is InChI=1S/C18H22N2O2/c1-13(2)22-16-7-5-14(6-8-16)17(21)20-18(3,4)15-9-11-19-12-10-15/h5-13H,1-4H3,(H,20,21). The van der Waals surface area contributed by atoms with E-state index in [9.17, 15) is 4.79 Å². The van der Waals surface area contributed by atoms with Gasteiger partial charge in [-0.25, -0.2) is 0 Å². The van der Waals surface area contributed by atoms with Crippen LogP contribution in [0.3, 0.4) is 0 Å². The first-order valence-electron chi connectivity index (χ1n) is 7.38. The molecule has 1 aromatic heterocycles. The molecule has 2 aromatic rings. The van der Waals surface area contributed by atoms with Crippen molar-refractivity contribution in [2.75, 3.05) is 0 Å². The Morgan fingerprint density at radius 2 is 1.68 bits per heavy atom. The van der Waals surface area contributed by atoms with Crippen molar-refractivity contribution in [3.05, 3.63) is 59.9 Å². The maximum absolute atomic E-state index is 12.4. The number of carbonyl (C=O) groups excluding carboxylic acids is 1. The zero-order valence-corrected chi connectivity index (χ0v) is 13.5. The molecule has 116 valence electrons. The lowest BCUT2D eigenvalue weighted by atomic mass is 9.95. The first kappa shape index (κ1) is 16.0. The van der Waals surface area contributed by atoms with Crippen LogP contribution in [0.2, 0.25) is 0 Å². The number of ether oxygens (including phenoxy) is 1. The lowest BCUT2D eigenvalue weighted by Crippen LogP contribution is -2.40. The van der Waals surface area contributed by atoms with Crippen molar-refractivity contribution in [3.8, 4) is 5.75 Å². The van der Waals surface area contributed by atoms with Gasteiger partial charge < -0.3 is 10.1 Å². The first-order valence-corrected chi connectivity index (χ1v) is 7.38. The molecule has 0 saturated heterocycles. The monoisotopic (exact) mass is 298 g/mol. The van der Waals surface area contributed by atoms with Crippen molar-refractivity contribution in [3.63, 3.8) is 0 Å². The van der Waals surface area contributed by atoms with Crippen molar-refractivity contribution in [1.82, 2.24) is 10.3 Å². The van der Waals surface area contributed by atoms with Crippen LogP contribution in [0.1, 0.15) is 43.6 Å². The van der Waals surface area contributed by atoms with Crippen LogP contribution in [-0.4, -0.2) is 17.0 Å². The van der Waals surface area contributed by atoms with Crippen LogP contribution in [0.15, 0.2) is 48.8 Å². The minimum absolute atomic E-state index is 0.113. The van der Waals surface area contributed by atoms with Crippen molar-refractivity contribution >= 4 is 5.91 Å². The second kappa shape index (κ2) is 6.60. The van der Waals surface area contributed by atoms with E-state index >= 15 is 0 Å². The highest BCUT2D eigenvalue weighted by molar-refractivity contribution is 5.94. The van der Waals surface area contributed by atoms with Crippen LogP contribution in [-0.2, 0) is 5.54 Å². The predicted octanol–water partition coefficient (Wildman–Crippen LogP) is 3.53. The van der Waals surface area contributed by atoms with Crippen molar-refractivity contribution in [2.45, 2.75) is 39.3 Å². The largest absolute Gasteiger partial charge is 0.491 e. The second-order valence-electron chi connectivity index (χ2n) is 6.01.